The monoisotopic (exact) mass is 803 g/mol. The summed E-state index contributed by atoms with van der Waals surface area (Å²) >= 11 is 0. The lowest BCUT2D eigenvalue weighted by molar-refractivity contribution is 0.113. The lowest BCUT2D eigenvalue weighted by Crippen LogP contribution is -2.56. The lowest BCUT2D eigenvalue weighted by Gasteiger charge is -2.50. The third kappa shape index (κ3) is 10.1. The van der Waals surface area contributed by atoms with Crippen molar-refractivity contribution in [2.45, 2.75) is 141 Å². The molecule has 0 radical (unpaired) electrons. The molecule has 308 valence electrons. The summed E-state index contributed by atoms with van der Waals surface area (Å²) in [6.45, 7) is 33.3. The zero-order valence-electron chi connectivity index (χ0n) is 37.4. The predicted molar refractivity (Wildman–Crippen MR) is 248 cm³/mol. The quantitative estimate of drug-likeness (QED) is 0.124. The number of benzene rings is 4. The van der Waals surface area contributed by atoms with Crippen LogP contribution in [0.3, 0.4) is 0 Å². The van der Waals surface area contributed by atoms with E-state index in [4.69, 9.17) is 4.12 Å². The standard InChI is InChI=1S/C50H74N4OSi2/c1-37-35-53(39(3)33-51-37)47(43-23-15-13-16-24-43)45-27-19-21-41(29-45)31-49(5,6)56(9,10)55-57(11,12)50(7,8)32-42-22-20-28-46(30-42)48(44-25-17-14-18-26-44)54-36-38(2)52-34-40(54)4/h13-30,37-40,47-48,51-52H,31-36H2,1-12H3/t37-,38-,39+,40+,47+,48+/m0/s1. The van der Waals surface area contributed by atoms with Gasteiger partial charge in [-0.2, -0.15) is 0 Å². The highest BCUT2D eigenvalue weighted by Crippen LogP contribution is 2.49. The summed E-state index contributed by atoms with van der Waals surface area (Å²) in [6, 6.07) is 43.6. The van der Waals surface area contributed by atoms with Crippen molar-refractivity contribution in [3.05, 3.63) is 143 Å². The Balaban J connectivity index is 1.21. The van der Waals surface area contributed by atoms with E-state index in [1.165, 1.54) is 33.4 Å². The van der Waals surface area contributed by atoms with Crippen molar-refractivity contribution < 1.29 is 4.12 Å². The van der Waals surface area contributed by atoms with Crippen molar-refractivity contribution >= 4 is 16.6 Å². The maximum absolute atomic E-state index is 7.68. The molecule has 2 heterocycles. The maximum atomic E-state index is 7.68. The molecule has 0 bridgehead atoms. The zero-order valence-corrected chi connectivity index (χ0v) is 39.4. The van der Waals surface area contributed by atoms with Gasteiger partial charge >= 0.3 is 0 Å². The molecule has 0 amide bonds. The van der Waals surface area contributed by atoms with Crippen LogP contribution >= 0.6 is 0 Å². The summed E-state index contributed by atoms with van der Waals surface area (Å²) in [7, 11) is -4.43. The molecule has 0 aromatic heterocycles. The van der Waals surface area contributed by atoms with Gasteiger partial charge in [0.15, 0.2) is 16.6 Å². The molecular formula is C50H74N4OSi2. The van der Waals surface area contributed by atoms with Crippen LogP contribution in [0.15, 0.2) is 109 Å². The molecule has 2 fully saturated rings. The largest absolute Gasteiger partial charge is 0.455 e. The summed E-state index contributed by atoms with van der Waals surface area (Å²) in [5.74, 6) is 0. The molecule has 4 aromatic rings. The van der Waals surface area contributed by atoms with Gasteiger partial charge in [-0.05, 0) is 110 Å². The smallest absolute Gasteiger partial charge is 0.179 e. The van der Waals surface area contributed by atoms with Crippen LogP contribution in [0.1, 0.15) is 101 Å². The fourth-order valence-electron chi connectivity index (χ4n) is 9.35. The molecular weight excluding hydrogens is 729 g/mol. The molecule has 6 atom stereocenters. The van der Waals surface area contributed by atoms with Gasteiger partial charge in [0.2, 0.25) is 0 Å². The van der Waals surface area contributed by atoms with Crippen LogP contribution in [-0.2, 0) is 17.0 Å². The lowest BCUT2D eigenvalue weighted by atomic mass is 9.91. The summed E-state index contributed by atoms with van der Waals surface area (Å²) in [4.78, 5) is 5.42. The second-order valence-corrected chi connectivity index (χ2v) is 29.6. The first kappa shape index (κ1) is 43.7. The molecule has 57 heavy (non-hydrogen) atoms. The Bertz CT molecular complexity index is 1760. The molecule has 5 nitrogen and oxygen atoms in total. The maximum Gasteiger partial charge on any atom is 0.179 e. The number of hydrogen-bond donors (Lipinski definition) is 2. The molecule has 2 saturated heterocycles. The van der Waals surface area contributed by atoms with Crippen LogP contribution in [0.4, 0.5) is 0 Å². The van der Waals surface area contributed by atoms with Crippen molar-refractivity contribution in [3.63, 3.8) is 0 Å². The predicted octanol–water partition coefficient (Wildman–Crippen LogP) is 11.0. The molecule has 0 saturated carbocycles. The van der Waals surface area contributed by atoms with Crippen LogP contribution < -0.4 is 10.6 Å². The van der Waals surface area contributed by atoms with Gasteiger partial charge in [-0.25, -0.2) is 0 Å². The van der Waals surface area contributed by atoms with Crippen LogP contribution in [0.25, 0.3) is 0 Å². The topological polar surface area (TPSA) is 39.8 Å². The summed E-state index contributed by atoms with van der Waals surface area (Å²) < 4.78 is 7.68. The third-order valence-corrected chi connectivity index (χ3v) is 25.1. The van der Waals surface area contributed by atoms with E-state index >= 15 is 0 Å². The van der Waals surface area contributed by atoms with Gasteiger partial charge in [0, 0.05) is 50.3 Å². The number of nitrogens with zero attached hydrogens (tertiary/aromatic N) is 2. The van der Waals surface area contributed by atoms with Gasteiger partial charge in [0.25, 0.3) is 0 Å². The molecule has 0 unspecified atom stereocenters. The highest BCUT2D eigenvalue weighted by molar-refractivity contribution is 6.87. The highest BCUT2D eigenvalue weighted by atomic mass is 28.4. The van der Waals surface area contributed by atoms with E-state index in [0.717, 1.165) is 39.0 Å². The summed E-state index contributed by atoms with van der Waals surface area (Å²) in [5.41, 5.74) is 8.35. The average Bonchev–Trinajstić information content (AvgIpc) is 3.15. The Hall–Kier alpha value is -2.89. The van der Waals surface area contributed by atoms with E-state index in [9.17, 15) is 0 Å². The van der Waals surface area contributed by atoms with Gasteiger partial charge in [-0.3, -0.25) is 9.80 Å². The van der Waals surface area contributed by atoms with Crippen molar-refractivity contribution in [1.82, 2.24) is 20.4 Å². The Morgan fingerprint density at radius 1 is 0.544 bits per heavy atom. The first-order valence-corrected chi connectivity index (χ1v) is 27.6. The van der Waals surface area contributed by atoms with E-state index in [-0.39, 0.29) is 22.2 Å². The van der Waals surface area contributed by atoms with E-state index in [2.05, 4.69) is 211 Å². The summed E-state index contributed by atoms with van der Waals surface area (Å²) in [6.07, 6.45) is 2.01. The van der Waals surface area contributed by atoms with Crippen LogP contribution in [-0.4, -0.2) is 76.8 Å². The fraction of sp³-hybridized carbons (Fsp3) is 0.520. The molecule has 2 N–H and O–H groups in total. The summed E-state index contributed by atoms with van der Waals surface area (Å²) in [5, 5.41) is 7.46. The van der Waals surface area contributed by atoms with Gasteiger partial charge in [-0.15, -0.1) is 0 Å². The van der Waals surface area contributed by atoms with Gasteiger partial charge in [0.05, 0.1) is 12.1 Å². The Kier molecular flexibility index (Phi) is 13.6. The van der Waals surface area contributed by atoms with Crippen LogP contribution in [0, 0.1) is 0 Å². The SMILES string of the molecule is C[C@@H]1CN[C@@H](C)CN1[C@H](c1ccccc1)c1cccc(CC(C)(C)[Si](C)(C)O[Si](C)(C)C(C)(C)Cc2cccc([C@@H](c3ccccc3)N3C[C@H](C)NC[C@H]3C)c2)c1. The number of rotatable bonds is 14. The Morgan fingerprint density at radius 2 is 0.895 bits per heavy atom. The zero-order chi connectivity index (χ0) is 41.2. The number of nitrogens with one attached hydrogen (secondary N) is 2. The first-order chi connectivity index (χ1) is 26.9. The van der Waals surface area contributed by atoms with Crippen molar-refractivity contribution in [1.29, 1.82) is 0 Å². The van der Waals surface area contributed by atoms with Crippen molar-refractivity contribution in [2.24, 2.45) is 0 Å². The molecule has 6 rings (SSSR count). The second-order valence-electron chi connectivity index (χ2n) is 20.1. The van der Waals surface area contributed by atoms with E-state index in [0.29, 0.717) is 24.2 Å². The van der Waals surface area contributed by atoms with Gasteiger partial charge < -0.3 is 14.7 Å². The van der Waals surface area contributed by atoms with Crippen LogP contribution in [0.5, 0.6) is 0 Å². The van der Waals surface area contributed by atoms with Crippen molar-refractivity contribution in [3.8, 4) is 0 Å². The van der Waals surface area contributed by atoms with Gasteiger partial charge in [-0.1, -0.05) is 137 Å². The van der Waals surface area contributed by atoms with E-state index in [1.54, 1.807) is 0 Å². The molecule has 2 aliphatic heterocycles. The number of hydrogen-bond acceptors (Lipinski definition) is 5. The number of piperazine rings is 2. The Morgan fingerprint density at radius 3 is 1.26 bits per heavy atom. The molecule has 2 aliphatic rings. The van der Waals surface area contributed by atoms with E-state index < -0.39 is 16.6 Å². The molecule has 0 spiro atoms. The first-order valence-electron chi connectivity index (χ1n) is 21.8. The fourth-order valence-corrected chi connectivity index (χ4v) is 17.9. The third-order valence-electron chi connectivity index (χ3n) is 14.1. The Labute approximate surface area is 349 Å². The minimum Gasteiger partial charge on any atom is -0.455 e. The minimum absolute atomic E-state index is 0.0328. The highest BCUT2D eigenvalue weighted by Gasteiger charge is 2.50. The van der Waals surface area contributed by atoms with Crippen molar-refractivity contribution in [2.75, 3.05) is 26.2 Å². The van der Waals surface area contributed by atoms with Crippen LogP contribution in [0.2, 0.25) is 36.3 Å². The molecule has 7 heteroatoms. The minimum atomic E-state index is -2.22. The average molecular weight is 803 g/mol. The second kappa shape index (κ2) is 17.8. The van der Waals surface area contributed by atoms with E-state index in [1.807, 2.05) is 0 Å². The normalized spacial score (nSPS) is 22.9. The molecule has 0 aliphatic carbocycles. The van der Waals surface area contributed by atoms with Gasteiger partial charge in [0.1, 0.15) is 0 Å². The molecule has 4 aromatic carbocycles.